The number of halogens is 1. The van der Waals surface area contributed by atoms with Crippen LogP contribution in [0.25, 0.3) is 0 Å². The van der Waals surface area contributed by atoms with E-state index in [0.29, 0.717) is 0 Å². The third kappa shape index (κ3) is 5.92. The molecule has 0 saturated heterocycles. The van der Waals surface area contributed by atoms with E-state index in [4.69, 9.17) is 8.51 Å². The average molecular weight is 384 g/mol. The SMILES string of the molecule is CCCCC=C(CCCC)[PH]([Zr][Cl])(C(C)C)C(C)C. The minimum absolute atomic E-state index is 0.739. The summed E-state index contributed by atoms with van der Waals surface area (Å²) in [5.41, 5.74) is 1.64. The normalized spacial score (nSPS) is 14.3. The number of hydrogen-bond acceptors (Lipinski definition) is 0. The zero-order valence-corrected chi connectivity index (χ0v) is 18.1. The molecule has 0 aromatic carbocycles. The van der Waals surface area contributed by atoms with Crippen molar-refractivity contribution in [1.82, 2.24) is 0 Å². The number of rotatable bonds is 10. The first-order valence-corrected chi connectivity index (χ1v) is 17.0. The van der Waals surface area contributed by atoms with E-state index >= 15 is 0 Å². The zero-order chi connectivity index (χ0) is 14.9. The Balaban J connectivity index is 5.28. The molecular formula is C16H34ClPZr. The predicted molar refractivity (Wildman–Crippen MR) is 91.6 cm³/mol. The van der Waals surface area contributed by atoms with E-state index in [1.54, 1.807) is 0 Å². The first-order valence-electron chi connectivity index (χ1n) is 8.04. The van der Waals surface area contributed by atoms with Crippen LogP contribution in [0.3, 0.4) is 0 Å². The van der Waals surface area contributed by atoms with E-state index in [2.05, 4.69) is 47.6 Å². The van der Waals surface area contributed by atoms with Gasteiger partial charge in [0.05, 0.1) is 0 Å². The van der Waals surface area contributed by atoms with Gasteiger partial charge in [0.15, 0.2) is 0 Å². The monoisotopic (exact) mass is 382 g/mol. The molecule has 0 N–H and O–H groups in total. The average Bonchev–Trinajstić information content (AvgIpc) is 2.35. The standard InChI is InChI=1S/C16H33P.ClH.Zr/c1-7-9-11-13-16(12-10-8-2)17(14(3)4)15(5)6;;/h13-15H,7-12H2,1-6H3;1H;. The molecule has 0 aromatic rings. The van der Waals surface area contributed by atoms with Crippen LogP contribution in [-0.2, 0) is 21.5 Å². The van der Waals surface area contributed by atoms with Crippen molar-refractivity contribution in [1.29, 1.82) is 0 Å². The molecule has 114 valence electrons. The van der Waals surface area contributed by atoms with Crippen LogP contribution in [0.2, 0.25) is 0 Å². The fraction of sp³-hybridized carbons (Fsp3) is 0.875. The number of hydrogen-bond donors (Lipinski definition) is 0. The van der Waals surface area contributed by atoms with E-state index in [9.17, 15) is 0 Å². The molecule has 0 bridgehead atoms. The maximum atomic E-state index is 6.69. The van der Waals surface area contributed by atoms with Crippen molar-refractivity contribution in [3.63, 3.8) is 0 Å². The summed E-state index contributed by atoms with van der Waals surface area (Å²) in [4.78, 5) is 0. The molecule has 0 amide bonds. The van der Waals surface area contributed by atoms with Crippen LogP contribution in [0.15, 0.2) is 11.4 Å². The third-order valence-corrected chi connectivity index (χ3v) is 28.5. The Morgan fingerprint density at radius 1 is 1.05 bits per heavy atom. The van der Waals surface area contributed by atoms with Gasteiger partial charge in [-0.1, -0.05) is 0 Å². The molecule has 0 aliphatic carbocycles. The topological polar surface area (TPSA) is 0 Å². The number of unbranched alkanes of at least 4 members (excludes halogenated alkanes) is 3. The van der Waals surface area contributed by atoms with Crippen molar-refractivity contribution in [3.8, 4) is 0 Å². The molecule has 19 heavy (non-hydrogen) atoms. The molecule has 0 nitrogen and oxygen atoms in total. The van der Waals surface area contributed by atoms with Crippen LogP contribution in [0.4, 0.5) is 0 Å². The Bertz CT molecular complexity index is 253. The van der Waals surface area contributed by atoms with Crippen LogP contribution in [0.1, 0.15) is 80.1 Å². The van der Waals surface area contributed by atoms with Gasteiger partial charge < -0.3 is 0 Å². The van der Waals surface area contributed by atoms with Crippen molar-refractivity contribution < 1.29 is 21.5 Å². The van der Waals surface area contributed by atoms with E-state index in [1.165, 1.54) is 38.5 Å². The van der Waals surface area contributed by atoms with E-state index in [-0.39, 0.29) is 0 Å². The first-order chi connectivity index (χ1) is 8.97. The summed E-state index contributed by atoms with van der Waals surface area (Å²) in [6.07, 6.45) is 10.5. The Hall–Kier alpha value is 1.34. The Kier molecular flexibility index (Phi) is 11.8. The van der Waals surface area contributed by atoms with Gasteiger partial charge in [0.1, 0.15) is 0 Å². The second-order valence-electron chi connectivity index (χ2n) is 6.25. The summed E-state index contributed by atoms with van der Waals surface area (Å²) >= 11 is -0.739. The molecule has 0 aliphatic rings. The molecule has 0 unspecified atom stereocenters. The van der Waals surface area contributed by atoms with Gasteiger partial charge in [-0.25, -0.2) is 0 Å². The van der Waals surface area contributed by atoms with Crippen LogP contribution in [-0.4, -0.2) is 11.3 Å². The second-order valence-corrected chi connectivity index (χ2v) is 22.0. The van der Waals surface area contributed by atoms with Gasteiger partial charge in [-0.3, -0.25) is 0 Å². The van der Waals surface area contributed by atoms with Crippen molar-refractivity contribution in [3.05, 3.63) is 11.4 Å². The van der Waals surface area contributed by atoms with Crippen LogP contribution in [0.5, 0.6) is 0 Å². The summed E-state index contributed by atoms with van der Waals surface area (Å²) in [6.45, 7) is 14.3. The minimum atomic E-state index is -1.34. The van der Waals surface area contributed by atoms with Crippen LogP contribution < -0.4 is 0 Å². The quantitative estimate of drug-likeness (QED) is 0.282. The summed E-state index contributed by atoms with van der Waals surface area (Å²) in [5, 5.41) is 1.84. The van der Waals surface area contributed by atoms with Crippen molar-refractivity contribution in [2.45, 2.75) is 91.4 Å². The zero-order valence-electron chi connectivity index (χ0n) is 13.9. The van der Waals surface area contributed by atoms with Crippen molar-refractivity contribution in [2.75, 3.05) is 0 Å². The third-order valence-electron chi connectivity index (χ3n) is 4.26. The molecular weight excluding hydrogens is 350 g/mol. The van der Waals surface area contributed by atoms with Gasteiger partial charge in [0.25, 0.3) is 0 Å². The molecule has 0 heterocycles. The molecule has 0 spiro atoms. The summed E-state index contributed by atoms with van der Waals surface area (Å²) in [6, 6.07) is 0. The molecule has 0 atom stereocenters. The van der Waals surface area contributed by atoms with Gasteiger partial charge in [0, 0.05) is 0 Å². The summed E-state index contributed by atoms with van der Waals surface area (Å²) in [5.74, 6) is 0. The summed E-state index contributed by atoms with van der Waals surface area (Å²) in [7, 11) is 6.69. The molecule has 0 radical (unpaired) electrons. The fourth-order valence-corrected chi connectivity index (χ4v) is 23.1. The molecule has 0 aromatic heterocycles. The van der Waals surface area contributed by atoms with Crippen molar-refractivity contribution in [2.24, 2.45) is 0 Å². The predicted octanol–water partition coefficient (Wildman–Crippen LogP) is 6.97. The fourth-order valence-electron chi connectivity index (χ4n) is 3.01. The first kappa shape index (κ1) is 20.3. The molecule has 3 heteroatoms. The van der Waals surface area contributed by atoms with Gasteiger partial charge in [-0.2, -0.15) is 0 Å². The van der Waals surface area contributed by atoms with Gasteiger partial charge >= 0.3 is 137 Å². The Morgan fingerprint density at radius 2 is 1.58 bits per heavy atom. The van der Waals surface area contributed by atoms with E-state index in [0.717, 1.165) is 11.3 Å². The van der Waals surface area contributed by atoms with Crippen LogP contribution >= 0.6 is 13.1 Å². The van der Waals surface area contributed by atoms with E-state index < -0.39 is 26.0 Å². The Labute approximate surface area is 136 Å². The van der Waals surface area contributed by atoms with Gasteiger partial charge in [-0.15, -0.1) is 0 Å². The van der Waals surface area contributed by atoms with Gasteiger partial charge in [0.2, 0.25) is 0 Å². The maximum absolute atomic E-state index is 6.69. The second kappa shape index (κ2) is 11.0. The summed E-state index contributed by atoms with van der Waals surface area (Å²) < 4.78 is -1.34. The molecule has 0 rings (SSSR count). The molecule has 0 aliphatic heterocycles. The number of allylic oxidation sites excluding steroid dienone is 2. The molecule has 0 saturated carbocycles. The molecule has 0 fully saturated rings. The van der Waals surface area contributed by atoms with Crippen molar-refractivity contribution >= 4 is 13.1 Å². The van der Waals surface area contributed by atoms with Gasteiger partial charge in [-0.05, 0) is 0 Å². The Morgan fingerprint density at radius 3 is 1.95 bits per heavy atom. The van der Waals surface area contributed by atoms with Crippen LogP contribution in [0, 0.1) is 0 Å². The van der Waals surface area contributed by atoms with E-state index in [1.807, 2.05) is 5.31 Å².